The lowest BCUT2D eigenvalue weighted by Gasteiger charge is -2.42. The molecule has 1 N–H and O–H groups in total. The first-order valence-corrected chi connectivity index (χ1v) is 10.6. The predicted molar refractivity (Wildman–Crippen MR) is 112 cm³/mol. The molecule has 0 bridgehead atoms. The van der Waals surface area contributed by atoms with Gasteiger partial charge >= 0.3 is 0 Å². The summed E-state index contributed by atoms with van der Waals surface area (Å²) < 4.78 is 24.4. The van der Waals surface area contributed by atoms with E-state index in [2.05, 4.69) is 16.0 Å². The van der Waals surface area contributed by atoms with Crippen LogP contribution in [0.3, 0.4) is 0 Å². The van der Waals surface area contributed by atoms with E-state index in [9.17, 15) is 9.18 Å². The average Bonchev–Trinajstić information content (AvgIpc) is 3.14. The van der Waals surface area contributed by atoms with Crippen LogP contribution in [0.2, 0.25) is 0 Å². The molecule has 0 saturated carbocycles. The van der Waals surface area contributed by atoms with Gasteiger partial charge in [0.2, 0.25) is 5.91 Å². The van der Waals surface area contributed by atoms with Crippen molar-refractivity contribution in [2.75, 3.05) is 32.8 Å². The molecule has 8 heteroatoms. The molecule has 3 heterocycles. The van der Waals surface area contributed by atoms with Gasteiger partial charge in [-0.2, -0.15) is 5.26 Å². The van der Waals surface area contributed by atoms with E-state index in [0.717, 1.165) is 43.9 Å². The molecule has 7 nitrogen and oxygen atoms in total. The number of nitrogens with one attached hydrogen (secondary N) is 1. The lowest BCUT2D eigenvalue weighted by Crippen LogP contribution is -2.55. The average molecular weight is 426 g/mol. The molecule has 1 unspecified atom stereocenters. The molecule has 0 spiro atoms. The van der Waals surface area contributed by atoms with Gasteiger partial charge in [-0.3, -0.25) is 9.69 Å². The van der Waals surface area contributed by atoms with E-state index in [0.29, 0.717) is 24.5 Å². The number of rotatable bonds is 6. The molecule has 31 heavy (non-hydrogen) atoms. The second kappa shape index (κ2) is 9.50. The van der Waals surface area contributed by atoms with E-state index in [-0.39, 0.29) is 30.5 Å². The highest BCUT2D eigenvalue weighted by Gasteiger charge is 2.34. The SMILES string of the molecule is Cc1[nH]c(CN2CCC(N3CC(COc4ccc(F)cc4)OCC3=O)CC2)cc1C#N. The molecule has 2 aromatic rings. The number of ether oxygens (including phenoxy) is 2. The molecule has 1 amide bonds. The Hall–Kier alpha value is -2.89. The highest BCUT2D eigenvalue weighted by molar-refractivity contribution is 5.78. The summed E-state index contributed by atoms with van der Waals surface area (Å²) in [6.45, 7) is 5.37. The number of piperidine rings is 1. The van der Waals surface area contributed by atoms with Gasteiger partial charge in [0.15, 0.2) is 0 Å². The zero-order chi connectivity index (χ0) is 21.8. The molecule has 0 radical (unpaired) electrons. The molecule has 4 rings (SSSR count). The number of hydrogen-bond acceptors (Lipinski definition) is 5. The first kappa shape index (κ1) is 21.3. The largest absolute Gasteiger partial charge is 0.491 e. The third kappa shape index (κ3) is 5.24. The number of carbonyl (C=O) groups is 1. The van der Waals surface area contributed by atoms with Crippen molar-refractivity contribution in [3.8, 4) is 11.8 Å². The van der Waals surface area contributed by atoms with E-state index in [1.807, 2.05) is 17.9 Å². The van der Waals surface area contributed by atoms with Crippen molar-refractivity contribution in [1.29, 1.82) is 5.26 Å². The number of halogens is 1. The summed E-state index contributed by atoms with van der Waals surface area (Å²) in [5.74, 6) is 0.303. The quantitative estimate of drug-likeness (QED) is 0.768. The van der Waals surface area contributed by atoms with Gasteiger partial charge in [-0.1, -0.05) is 0 Å². The molecule has 1 aromatic carbocycles. The van der Waals surface area contributed by atoms with Gasteiger partial charge in [-0.25, -0.2) is 4.39 Å². The zero-order valence-electron chi connectivity index (χ0n) is 17.6. The Bertz CT molecular complexity index is 945. The maximum absolute atomic E-state index is 13.0. The van der Waals surface area contributed by atoms with Crippen LogP contribution >= 0.6 is 0 Å². The minimum Gasteiger partial charge on any atom is -0.491 e. The highest BCUT2D eigenvalue weighted by Crippen LogP contribution is 2.22. The molecule has 1 aromatic heterocycles. The molecule has 2 aliphatic rings. The van der Waals surface area contributed by atoms with Crippen LogP contribution in [0.4, 0.5) is 4.39 Å². The number of H-pyrrole nitrogens is 1. The van der Waals surface area contributed by atoms with E-state index < -0.39 is 0 Å². The smallest absolute Gasteiger partial charge is 0.248 e. The molecule has 2 saturated heterocycles. The van der Waals surface area contributed by atoms with Crippen LogP contribution in [-0.2, 0) is 16.1 Å². The molecule has 0 aliphatic carbocycles. The number of hydrogen-bond donors (Lipinski definition) is 1. The number of aromatic amines is 1. The number of aromatic nitrogens is 1. The highest BCUT2D eigenvalue weighted by atomic mass is 19.1. The molecular formula is C23H27FN4O3. The minimum atomic E-state index is -0.304. The van der Waals surface area contributed by atoms with Crippen molar-refractivity contribution >= 4 is 5.91 Å². The first-order valence-electron chi connectivity index (χ1n) is 10.6. The normalized spacial score (nSPS) is 20.6. The van der Waals surface area contributed by atoms with Crippen LogP contribution in [-0.4, -0.2) is 65.7 Å². The first-order chi connectivity index (χ1) is 15.0. The fourth-order valence-corrected chi connectivity index (χ4v) is 4.28. The number of aryl methyl sites for hydroxylation is 1. The van der Waals surface area contributed by atoms with Crippen LogP contribution in [0.25, 0.3) is 0 Å². The lowest BCUT2D eigenvalue weighted by atomic mass is 10.0. The summed E-state index contributed by atoms with van der Waals surface area (Å²) >= 11 is 0. The number of nitrogens with zero attached hydrogens (tertiary/aromatic N) is 3. The maximum Gasteiger partial charge on any atom is 0.248 e. The fraction of sp³-hybridized carbons (Fsp3) is 0.478. The molecule has 2 aliphatic heterocycles. The van der Waals surface area contributed by atoms with Crippen molar-refractivity contribution in [1.82, 2.24) is 14.8 Å². The second-order valence-electron chi connectivity index (χ2n) is 8.20. The Labute approximate surface area is 181 Å². The number of nitriles is 1. The maximum atomic E-state index is 13.0. The van der Waals surface area contributed by atoms with Crippen LogP contribution in [0, 0.1) is 24.1 Å². The number of carbonyl (C=O) groups excluding carboxylic acids is 1. The van der Waals surface area contributed by atoms with Crippen molar-refractivity contribution in [2.45, 2.75) is 38.5 Å². The Kier molecular flexibility index (Phi) is 6.54. The van der Waals surface area contributed by atoms with Crippen molar-refractivity contribution in [2.24, 2.45) is 0 Å². The number of likely N-dealkylation sites (tertiary alicyclic amines) is 1. The Balaban J connectivity index is 1.27. The van der Waals surface area contributed by atoms with E-state index in [4.69, 9.17) is 14.7 Å². The predicted octanol–water partition coefficient (Wildman–Crippen LogP) is 2.60. The Morgan fingerprint density at radius 3 is 2.71 bits per heavy atom. The van der Waals surface area contributed by atoms with E-state index >= 15 is 0 Å². The topological polar surface area (TPSA) is 81.6 Å². The van der Waals surface area contributed by atoms with Crippen LogP contribution < -0.4 is 4.74 Å². The van der Waals surface area contributed by atoms with Gasteiger partial charge in [0.05, 0.1) is 12.1 Å². The third-order valence-electron chi connectivity index (χ3n) is 6.00. The van der Waals surface area contributed by atoms with Gasteiger partial charge in [-0.15, -0.1) is 0 Å². The summed E-state index contributed by atoms with van der Waals surface area (Å²) in [5, 5.41) is 9.12. The van der Waals surface area contributed by atoms with Gasteiger partial charge < -0.3 is 19.4 Å². The summed E-state index contributed by atoms with van der Waals surface area (Å²) in [6.07, 6.45) is 1.61. The van der Waals surface area contributed by atoms with Crippen molar-refractivity contribution in [3.05, 3.63) is 53.1 Å². The van der Waals surface area contributed by atoms with Gasteiger partial charge in [-0.05, 0) is 50.1 Å². The Morgan fingerprint density at radius 1 is 1.29 bits per heavy atom. The number of amides is 1. The minimum absolute atomic E-state index is 0.0233. The van der Waals surface area contributed by atoms with E-state index in [1.165, 1.54) is 12.1 Å². The van der Waals surface area contributed by atoms with Gasteiger partial charge in [0, 0.05) is 37.1 Å². The Morgan fingerprint density at radius 2 is 2.03 bits per heavy atom. The fourth-order valence-electron chi connectivity index (χ4n) is 4.28. The molecule has 1 atom stereocenters. The summed E-state index contributed by atoms with van der Waals surface area (Å²) in [7, 11) is 0. The lowest BCUT2D eigenvalue weighted by molar-refractivity contribution is -0.155. The zero-order valence-corrected chi connectivity index (χ0v) is 17.6. The summed E-state index contributed by atoms with van der Waals surface area (Å²) in [6, 6.07) is 10.2. The number of benzene rings is 1. The monoisotopic (exact) mass is 426 g/mol. The number of morpholine rings is 1. The summed E-state index contributed by atoms with van der Waals surface area (Å²) in [5.41, 5.74) is 2.64. The van der Waals surface area contributed by atoms with Gasteiger partial charge in [0.1, 0.15) is 37.0 Å². The molecule has 2 fully saturated rings. The van der Waals surface area contributed by atoms with E-state index in [1.54, 1.807) is 12.1 Å². The van der Waals surface area contributed by atoms with Crippen LogP contribution in [0.1, 0.15) is 29.8 Å². The third-order valence-corrected chi connectivity index (χ3v) is 6.00. The van der Waals surface area contributed by atoms with Crippen LogP contribution in [0.5, 0.6) is 5.75 Å². The molecule has 164 valence electrons. The van der Waals surface area contributed by atoms with Crippen LogP contribution in [0.15, 0.2) is 30.3 Å². The standard InChI is InChI=1S/C23H27FN4O3/c1-16-17(11-25)10-19(26-16)12-27-8-6-20(7-9-27)28-13-22(31-15-23(28)29)14-30-21-4-2-18(24)3-5-21/h2-5,10,20,22,26H,6-9,12-15H2,1H3. The second-order valence-corrected chi connectivity index (χ2v) is 8.20. The van der Waals surface area contributed by atoms with Crippen molar-refractivity contribution in [3.63, 3.8) is 0 Å². The van der Waals surface area contributed by atoms with Crippen molar-refractivity contribution < 1.29 is 18.7 Å². The molecular weight excluding hydrogens is 399 g/mol. The summed E-state index contributed by atoms with van der Waals surface area (Å²) in [4.78, 5) is 20.0. The van der Waals surface area contributed by atoms with Gasteiger partial charge in [0.25, 0.3) is 0 Å².